The topological polar surface area (TPSA) is 186 Å². The standard InChI is InChI=1S/C89H140O12/c1-13-21-29-65(9)37-41-73-57-81(90)77(33-25-17-5)53-69(73)45-49-85(94)98-61-89(62-99-86(95)50-46-70-54-78(34-26-18-6)82(91)58-74(70)42-38-66(10)30-22-14-2,63-100-87(96)51-47-71-55-79(35-27-19-7)83(92)59-75(71)43-39-67(11)31-23-15-3)64-101-88(97)52-48-72-56-80(36-28-20-8)84(93)60-76(72)44-40-68(12)32-24-16-4/h53-60,65-68,90-93H,13-52,61-64H2,1-12H3. The lowest BCUT2D eigenvalue weighted by Gasteiger charge is -2.31. The van der Waals surface area contributed by atoms with E-state index < -0.39 is 55.7 Å². The Labute approximate surface area is 613 Å². The minimum absolute atomic E-state index is 0.00239. The van der Waals surface area contributed by atoms with E-state index >= 15 is 0 Å². The number of aryl methyl sites for hydroxylation is 12. The maximum atomic E-state index is 14.5. The largest absolute Gasteiger partial charge is 0.508 e. The van der Waals surface area contributed by atoms with Crippen molar-refractivity contribution < 1.29 is 58.6 Å². The number of phenols is 4. The van der Waals surface area contributed by atoms with E-state index in [4.69, 9.17) is 18.9 Å². The van der Waals surface area contributed by atoms with Gasteiger partial charge < -0.3 is 39.4 Å². The van der Waals surface area contributed by atoms with Crippen LogP contribution in [0.5, 0.6) is 23.0 Å². The third-order valence-corrected chi connectivity index (χ3v) is 21.2. The maximum absolute atomic E-state index is 14.5. The van der Waals surface area contributed by atoms with Gasteiger partial charge in [0.05, 0.1) is 0 Å². The number of phenolic OH excluding ortho intramolecular Hbond substituents is 4. The van der Waals surface area contributed by atoms with Crippen molar-refractivity contribution in [3.63, 3.8) is 0 Å². The molecule has 0 aliphatic carbocycles. The molecule has 0 saturated heterocycles. The molecule has 12 nitrogen and oxygen atoms in total. The summed E-state index contributed by atoms with van der Waals surface area (Å²) in [7, 11) is 0. The number of carbonyl (C=O) groups is 4. The normalized spacial score (nSPS) is 13.3. The SMILES string of the molecule is CCCCc1cc(CCC(=O)OCC(COC(=O)CCc2cc(CCCC)c(O)cc2CCC(C)CCCC)(COC(=O)CCc2cc(CCCC)c(O)cc2CCC(C)CCCC)COC(=O)CCc2cc(CCCC)c(O)cc2CCC(C)CCCC)c(CCC(C)CCCC)cc1O. The van der Waals surface area contributed by atoms with Crippen molar-refractivity contribution in [2.45, 2.75) is 340 Å². The van der Waals surface area contributed by atoms with Crippen molar-refractivity contribution in [2.75, 3.05) is 26.4 Å². The molecule has 0 fully saturated rings. The summed E-state index contributed by atoms with van der Waals surface area (Å²) in [5.41, 5.74) is 9.82. The van der Waals surface area contributed by atoms with Gasteiger partial charge >= 0.3 is 23.9 Å². The van der Waals surface area contributed by atoms with Crippen LogP contribution in [0.25, 0.3) is 0 Å². The van der Waals surface area contributed by atoms with Crippen LogP contribution in [0.4, 0.5) is 0 Å². The van der Waals surface area contributed by atoms with Gasteiger partial charge in [-0.05, 0) is 243 Å². The van der Waals surface area contributed by atoms with E-state index in [0.29, 0.717) is 75.0 Å². The first-order valence-electron chi connectivity index (χ1n) is 40.6. The molecule has 4 rings (SSSR count). The molecule has 0 saturated carbocycles. The van der Waals surface area contributed by atoms with Gasteiger partial charge in [-0.15, -0.1) is 0 Å². The molecule has 0 bridgehead atoms. The number of carbonyl (C=O) groups excluding carboxylic acids is 4. The zero-order valence-corrected chi connectivity index (χ0v) is 65.6. The molecule has 0 aromatic heterocycles. The third-order valence-electron chi connectivity index (χ3n) is 21.2. The summed E-state index contributed by atoms with van der Waals surface area (Å²) in [6, 6.07) is 15.7. The monoisotopic (exact) mass is 1400 g/mol. The molecule has 0 spiro atoms. The second-order valence-corrected chi connectivity index (χ2v) is 30.7. The minimum Gasteiger partial charge on any atom is -0.508 e. The van der Waals surface area contributed by atoms with E-state index in [9.17, 15) is 39.6 Å². The van der Waals surface area contributed by atoms with Crippen LogP contribution < -0.4 is 0 Å². The molecule has 568 valence electrons. The predicted octanol–water partition coefficient (Wildman–Crippen LogP) is 21.9. The lowest BCUT2D eigenvalue weighted by molar-refractivity contribution is -0.170. The maximum Gasteiger partial charge on any atom is 0.306 e. The van der Waals surface area contributed by atoms with Gasteiger partial charge in [-0.1, -0.05) is 210 Å². The molecule has 4 aromatic rings. The Hall–Kier alpha value is -6.04. The highest BCUT2D eigenvalue weighted by Crippen LogP contribution is 2.34. The van der Waals surface area contributed by atoms with Crippen molar-refractivity contribution in [1.29, 1.82) is 0 Å². The van der Waals surface area contributed by atoms with Gasteiger partial charge in [0.25, 0.3) is 0 Å². The predicted molar refractivity (Wildman–Crippen MR) is 414 cm³/mol. The van der Waals surface area contributed by atoms with Gasteiger partial charge in [0.1, 0.15) is 54.8 Å². The van der Waals surface area contributed by atoms with Gasteiger partial charge in [-0.2, -0.15) is 0 Å². The average molecular weight is 1400 g/mol. The summed E-state index contributed by atoms with van der Waals surface area (Å²) in [6.45, 7) is 24.8. The average Bonchev–Trinajstić information content (AvgIpc) is 0.864. The molecule has 0 aliphatic heterocycles. The van der Waals surface area contributed by atoms with Gasteiger partial charge in [0.15, 0.2) is 0 Å². The van der Waals surface area contributed by atoms with Gasteiger partial charge in [-0.3, -0.25) is 19.2 Å². The number of rotatable bonds is 56. The Balaban J connectivity index is 1.79. The number of hydrogen-bond donors (Lipinski definition) is 4. The Kier molecular flexibility index (Phi) is 42.9. The van der Waals surface area contributed by atoms with Crippen molar-refractivity contribution in [2.24, 2.45) is 29.1 Å². The number of esters is 4. The molecular formula is C89H140O12. The summed E-state index contributed by atoms with van der Waals surface area (Å²) in [6.07, 6.45) is 32.2. The van der Waals surface area contributed by atoms with Crippen molar-refractivity contribution in [1.82, 2.24) is 0 Å². The smallest absolute Gasteiger partial charge is 0.306 e. The Bertz CT molecular complexity index is 2630. The summed E-state index contributed by atoms with van der Waals surface area (Å²) in [4.78, 5) is 58.1. The zero-order valence-electron chi connectivity index (χ0n) is 65.6. The number of unbranched alkanes of at least 4 members (excludes halogenated alkanes) is 8. The molecule has 12 heteroatoms. The molecule has 4 atom stereocenters. The van der Waals surface area contributed by atoms with E-state index in [1.807, 2.05) is 24.3 Å². The molecule has 0 aliphatic rings. The molecule has 0 radical (unpaired) electrons. The van der Waals surface area contributed by atoms with E-state index in [1.54, 1.807) is 0 Å². The van der Waals surface area contributed by atoms with E-state index in [2.05, 4.69) is 107 Å². The fraction of sp³-hybridized carbons (Fsp3) is 0.685. The highest BCUT2D eigenvalue weighted by molar-refractivity contribution is 5.72. The van der Waals surface area contributed by atoms with Crippen LogP contribution in [0.3, 0.4) is 0 Å². The van der Waals surface area contributed by atoms with Crippen molar-refractivity contribution in [3.05, 3.63) is 115 Å². The summed E-state index contributed by atoms with van der Waals surface area (Å²) >= 11 is 0. The fourth-order valence-corrected chi connectivity index (χ4v) is 13.9. The number of aromatic hydroxyl groups is 4. The lowest BCUT2D eigenvalue weighted by Crippen LogP contribution is -2.44. The lowest BCUT2D eigenvalue weighted by atomic mass is 9.90. The number of ether oxygens (including phenoxy) is 4. The van der Waals surface area contributed by atoms with Crippen molar-refractivity contribution in [3.8, 4) is 23.0 Å². The van der Waals surface area contributed by atoms with Crippen LogP contribution >= 0.6 is 0 Å². The molecule has 101 heavy (non-hydrogen) atoms. The molecule has 0 amide bonds. The van der Waals surface area contributed by atoms with Crippen LogP contribution in [0.1, 0.15) is 330 Å². The Morgan fingerprint density at radius 1 is 0.267 bits per heavy atom. The van der Waals surface area contributed by atoms with E-state index in [1.165, 1.54) is 0 Å². The highest BCUT2D eigenvalue weighted by atomic mass is 16.6. The van der Waals surface area contributed by atoms with Crippen LogP contribution in [-0.2, 0) is 115 Å². The molecule has 4 aromatic carbocycles. The van der Waals surface area contributed by atoms with E-state index in [0.717, 1.165) is 247 Å². The van der Waals surface area contributed by atoms with Crippen molar-refractivity contribution >= 4 is 23.9 Å². The molecule has 4 unspecified atom stereocenters. The van der Waals surface area contributed by atoms with E-state index in [-0.39, 0.29) is 48.7 Å². The van der Waals surface area contributed by atoms with Gasteiger partial charge in [0.2, 0.25) is 0 Å². The first-order chi connectivity index (χ1) is 48.6. The Morgan fingerprint density at radius 2 is 0.455 bits per heavy atom. The molecular weight excluding hydrogens is 1260 g/mol. The first kappa shape index (κ1) is 87.4. The second-order valence-electron chi connectivity index (χ2n) is 30.7. The zero-order chi connectivity index (χ0) is 74.0. The quantitative estimate of drug-likeness (QED) is 0.0242. The summed E-state index contributed by atoms with van der Waals surface area (Å²) < 4.78 is 25.2. The minimum atomic E-state index is -1.55. The van der Waals surface area contributed by atoms with Crippen LogP contribution in [0.15, 0.2) is 48.5 Å². The molecule has 0 heterocycles. The van der Waals surface area contributed by atoms with Crippen LogP contribution in [-0.4, -0.2) is 70.7 Å². The van der Waals surface area contributed by atoms with Crippen LogP contribution in [0.2, 0.25) is 0 Å². The summed E-state index contributed by atoms with van der Waals surface area (Å²) in [5.74, 6) is 0.954. The molecule has 4 N–H and O–H groups in total. The second kappa shape index (κ2) is 49.6. The van der Waals surface area contributed by atoms with Crippen LogP contribution in [0, 0.1) is 29.1 Å². The number of hydrogen-bond acceptors (Lipinski definition) is 12. The Morgan fingerprint density at radius 3 is 0.644 bits per heavy atom. The third kappa shape index (κ3) is 33.5. The summed E-state index contributed by atoms with van der Waals surface area (Å²) in [5, 5.41) is 45.2. The number of benzene rings is 4. The highest BCUT2D eigenvalue weighted by Gasteiger charge is 2.38. The fourth-order valence-electron chi connectivity index (χ4n) is 13.9. The van der Waals surface area contributed by atoms with Gasteiger partial charge in [0, 0.05) is 25.7 Å². The van der Waals surface area contributed by atoms with Gasteiger partial charge in [-0.25, -0.2) is 0 Å². The first-order valence-corrected chi connectivity index (χ1v) is 40.6.